The largest absolute Gasteiger partial charge is 0.497 e. The lowest BCUT2D eigenvalue weighted by Crippen LogP contribution is -2.35. The fourth-order valence-corrected chi connectivity index (χ4v) is 3.75. The van der Waals surface area contributed by atoms with Crippen LogP contribution in [0.15, 0.2) is 57.9 Å². The number of benzene rings is 2. The first-order chi connectivity index (χ1) is 14.1. The molecule has 1 aromatic heterocycles. The van der Waals surface area contributed by atoms with Crippen LogP contribution < -0.4 is 14.9 Å². The number of ether oxygens (including phenoxy) is 2. The van der Waals surface area contributed by atoms with E-state index in [2.05, 4.69) is 11.8 Å². The van der Waals surface area contributed by atoms with Crippen LogP contribution in [0.2, 0.25) is 0 Å². The molecule has 2 aromatic carbocycles. The summed E-state index contributed by atoms with van der Waals surface area (Å²) >= 11 is 0. The molecular formula is C24H27NO4. The van der Waals surface area contributed by atoms with Gasteiger partial charge in [-0.3, -0.25) is 9.69 Å². The molecule has 0 unspecified atom stereocenters. The van der Waals surface area contributed by atoms with Gasteiger partial charge < -0.3 is 13.9 Å². The Labute approximate surface area is 170 Å². The van der Waals surface area contributed by atoms with Gasteiger partial charge in [0.25, 0.3) is 0 Å². The van der Waals surface area contributed by atoms with Gasteiger partial charge in [0.05, 0.1) is 18.1 Å². The Kier molecular flexibility index (Phi) is 5.86. The zero-order chi connectivity index (χ0) is 20.2. The van der Waals surface area contributed by atoms with E-state index in [4.69, 9.17) is 13.9 Å². The molecule has 2 heterocycles. The number of nitrogens with zero attached hydrogens (tertiary/aromatic N) is 1. The van der Waals surface area contributed by atoms with Crippen LogP contribution >= 0.6 is 0 Å². The van der Waals surface area contributed by atoms with Gasteiger partial charge in [0.2, 0.25) is 0 Å². The third-order valence-corrected chi connectivity index (χ3v) is 5.70. The summed E-state index contributed by atoms with van der Waals surface area (Å²) in [5.41, 5.74) is 1.83. The maximum Gasteiger partial charge on any atom is 0.200 e. The van der Waals surface area contributed by atoms with E-state index < -0.39 is 0 Å². The second-order valence-corrected chi connectivity index (χ2v) is 7.74. The maximum atomic E-state index is 12.9. The van der Waals surface area contributed by atoms with E-state index in [-0.39, 0.29) is 5.43 Å². The summed E-state index contributed by atoms with van der Waals surface area (Å²) in [6.07, 6.45) is 4.04. The molecule has 0 bridgehead atoms. The van der Waals surface area contributed by atoms with E-state index in [1.165, 1.54) is 19.1 Å². The van der Waals surface area contributed by atoms with Gasteiger partial charge in [-0.25, -0.2) is 0 Å². The molecule has 4 rings (SSSR count). The smallest absolute Gasteiger partial charge is 0.200 e. The van der Waals surface area contributed by atoms with Gasteiger partial charge in [-0.05, 0) is 61.7 Å². The van der Waals surface area contributed by atoms with E-state index in [0.717, 1.165) is 42.6 Å². The van der Waals surface area contributed by atoms with Gasteiger partial charge >= 0.3 is 0 Å². The van der Waals surface area contributed by atoms with E-state index in [1.54, 1.807) is 19.2 Å². The first-order valence-electron chi connectivity index (χ1n) is 10.2. The fraction of sp³-hybridized carbons (Fsp3) is 0.375. The lowest BCUT2D eigenvalue weighted by Gasteiger charge is -2.29. The van der Waals surface area contributed by atoms with Gasteiger partial charge in [-0.2, -0.15) is 0 Å². The van der Waals surface area contributed by atoms with Crippen molar-refractivity contribution in [3.63, 3.8) is 0 Å². The molecule has 0 N–H and O–H groups in total. The minimum Gasteiger partial charge on any atom is -0.497 e. The molecule has 0 amide bonds. The molecule has 1 aliphatic rings. The highest BCUT2D eigenvalue weighted by atomic mass is 16.5. The van der Waals surface area contributed by atoms with Crippen molar-refractivity contribution in [2.24, 2.45) is 5.92 Å². The number of hydrogen-bond acceptors (Lipinski definition) is 5. The summed E-state index contributed by atoms with van der Waals surface area (Å²) < 4.78 is 16.8. The van der Waals surface area contributed by atoms with E-state index >= 15 is 0 Å². The number of rotatable bonds is 6. The molecule has 0 spiro atoms. The molecule has 0 aliphatic carbocycles. The summed E-state index contributed by atoms with van der Waals surface area (Å²) in [6, 6.07) is 12.8. The third-order valence-electron chi connectivity index (χ3n) is 5.70. The Morgan fingerprint density at radius 3 is 2.52 bits per heavy atom. The molecule has 5 nitrogen and oxygen atoms in total. The quantitative estimate of drug-likeness (QED) is 0.614. The van der Waals surface area contributed by atoms with Crippen LogP contribution in [0.25, 0.3) is 22.1 Å². The van der Waals surface area contributed by atoms with Crippen molar-refractivity contribution in [1.29, 1.82) is 0 Å². The molecule has 0 saturated carbocycles. The summed E-state index contributed by atoms with van der Waals surface area (Å²) in [5, 5.41) is 0.552. The van der Waals surface area contributed by atoms with Gasteiger partial charge in [0.1, 0.15) is 30.0 Å². The van der Waals surface area contributed by atoms with Crippen LogP contribution in [-0.4, -0.2) is 38.3 Å². The molecule has 1 fully saturated rings. The lowest BCUT2D eigenvalue weighted by atomic mass is 9.99. The van der Waals surface area contributed by atoms with Gasteiger partial charge in [-0.1, -0.05) is 19.1 Å². The van der Waals surface area contributed by atoms with E-state index in [0.29, 0.717) is 23.1 Å². The minimum atomic E-state index is -0.0506. The highest BCUT2D eigenvalue weighted by Crippen LogP contribution is 2.24. The van der Waals surface area contributed by atoms with Crippen LogP contribution in [-0.2, 0) is 0 Å². The summed E-state index contributed by atoms with van der Waals surface area (Å²) in [7, 11) is 1.62. The van der Waals surface area contributed by atoms with Crippen molar-refractivity contribution in [2.45, 2.75) is 19.8 Å². The Hall–Kier alpha value is -2.79. The topological polar surface area (TPSA) is 51.9 Å². The molecule has 3 aromatic rings. The SMILES string of the molecule is COc1ccc(-c2coc3cc(OCCN4CCC(C)CC4)ccc3c2=O)cc1. The number of likely N-dealkylation sites (tertiary alicyclic amines) is 1. The zero-order valence-electron chi connectivity index (χ0n) is 17.0. The molecule has 0 atom stereocenters. The van der Waals surface area contributed by atoms with Crippen LogP contribution in [0.3, 0.4) is 0 Å². The van der Waals surface area contributed by atoms with Crippen molar-refractivity contribution in [3.8, 4) is 22.6 Å². The summed E-state index contributed by atoms with van der Waals surface area (Å²) in [5.74, 6) is 2.31. The second kappa shape index (κ2) is 8.70. The number of piperidine rings is 1. The number of methoxy groups -OCH3 is 1. The predicted molar refractivity (Wildman–Crippen MR) is 115 cm³/mol. The molecule has 5 heteroatoms. The van der Waals surface area contributed by atoms with E-state index in [1.807, 2.05) is 30.3 Å². The van der Waals surface area contributed by atoms with Crippen molar-refractivity contribution in [2.75, 3.05) is 33.4 Å². The molecule has 1 saturated heterocycles. The van der Waals surface area contributed by atoms with Crippen LogP contribution in [0.4, 0.5) is 0 Å². The van der Waals surface area contributed by atoms with Gasteiger partial charge in [0, 0.05) is 12.6 Å². The standard InChI is InChI=1S/C24H27NO4/c1-17-9-11-25(12-10-17)13-14-28-20-7-8-21-23(15-20)29-16-22(24(21)26)18-3-5-19(27-2)6-4-18/h3-8,15-17H,9-14H2,1-2H3. The maximum absolute atomic E-state index is 12.9. The molecule has 1 aliphatic heterocycles. The molecule has 152 valence electrons. The number of fused-ring (bicyclic) bond motifs is 1. The number of hydrogen-bond donors (Lipinski definition) is 0. The average molecular weight is 393 g/mol. The molecule has 29 heavy (non-hydrogen) atoms. The van der Waals surface area contributed by atoms with Crippen molar-refractivity contribution in [1.82, 2.24) is 4.90 Å². The van der Waals surface area contributed by atoms with Crippen molar-refractivity contribution < 1.29 is 13.9 Å². The normalized spacial score (nSPS) is 15.5. The average Bonchev–Trinajstić information content (AvgIpc) is 2.75. The second-order valence-electron chi connectivity index (χ2n) is 7.74. The Morgan fingerprint density at radius 2 is 1.79 bits per heavy atom. The Morgan fingerprint density at radius 1 is 1.07 bits per heavy atom. The Balaban J connectivity index is 1.46. The monoisotopic (exact) mass is 393 g/mol. The zero-order valence-corrected chi connectivity index (χ0v) is 17.0. The first-order valence-corrected chi connectivity index (χ1v) is 10.2. The van der Waals surface area contributed by atoms with Gasteiger partial charge in [-0.15, -0.1) is 0 Å². The summed E-state index contributed by atoms with van der Waals surface area (Å²) in [4.78, 5) is 15.3. The predicted octanol–water partition coefficient (Wildman–Crippen LogP) is 4.58. The first kappa shape index (κ1) is 19.5. The lowest BCUT2D eigenvalue weighted by molar-refractivity contribution is 0.160. The van der Waals surface area contributed by atoms with Crippen LogP contribution in [0.1, 0.15) is 19.8 Å². The van der Waals surface area contributed by atoms with E-state index in [9.17, 15) is 4.79 Å². The third kappa shape index (κ3) is 4.46. The van der Waals surface area contributed by atoms with Gasteiger partial charge in [0.15, 0.2) is 5.43 Å². The fourth-order valence-electron chi connectivity index (χ4n) is 3.75. The van der Waals surface area contributed by atoms with Crippen molar-refractivity contribution in [3.05, 3.63) is 59.0 Å². The van der Waals surface area contributed by atoms with Crippen LogP contribution in [0, 0.1) is 5.92 Å². The molecular weight excluding hydrogens is 366 g/mol. The Bertz CT molecular complexity index is 1020. The highest BCUT2D eigenvalue weighted by molar-refractivity contribution is 5.82. The summed E-state index contributed by atoms with van der Waals surface area (Å²) in [6.45, 7) is 6.16. The minimum absolute atomic E-state index is 0.0506. The highest BCUT2D eigenvalue weighted by Gasteiger charge is 2.15. The van der Waals surface area contributed by atoms with Crippen LogP contribution in [0.5, 0.6) is 11.5 Å². The molecule has 0 radical (unpaired) electrons. The van der Waals surface area contributed by atoms with Crippen molar-refractivity contribution >= 4 is 11.0 Å².